The lowest BCUT2D eigenvalue weighted by Gasteiger charge is -2.02. The third-order valence-corrected chi connectivity index (χ3v) is 2.73. The topological polar surface area (TPSA) is 38.8 Å². The maximum atomic E-state index is 10.7. The Balaban J connectivity index is 1.70. The number of carbonyl (C=O) groups is 1. The van der Waals surface area contributed by atoms with Crippen molar-refractivity contribution in [1.29, 1.82) is 0 Å². The van der Waals surface area contributed by atoms with Gasteiger partial charge in [-0.2, -0.15) is 0 Å². The molecule has 16 heavy (non-hydrogen) atoms. The molecule has 0 bridgehead atoms. The van der Waals surface area contributed by atoms with Crippen LogP contribution < -0.4 is 0 Å². The predicted octanol–water partition coefficient (Wildman–Crippen LogP) is 2.85. The molecule has 0 aromatic heterocycles. The summed E-state index contributed by atoms with van der Waals surface area (Å²) in [6.45, 7) is 4.85. The standard InChI is InChI=1S/C13H22O3/c1-2-13(14)15-10-8-6-4-3-5-7-9-12-11-16-12/h2,12H,1,3-11H2. The summed E-state index contributed by atoms with van der Waals surface area (Å²) in [6, 6.07) is 0. The Hall–Kier alpha value is -0.830. The normalized spacial score (nSPS) is 18.1. The molecule has 1 aliphatic rings. The molecule has 92 valence electrons. The van der Waals surface area contributed by atoms with E-state index in [1.807, 2.05) is 0 Å². The summed E-state index contributed by atoms with van der Waals surface area (Å²) in [7, 11) is 0. The molecule has 0 aromatic carbocycles. The summed E-state index contributed by atoms with van der Waals surface area (Å²) < 4.78 is 10.0. The zero-order valence-corrected chi connectivity index (χ0v) is 9.95. The van der Waals surface area contributed by atoms with Crippen molar-refractivity contribution in [2.24, 2.45) is 0 Å². The maximum absolute atomic E-state index is 10.7. The van der Waals surface area contributed by atoms with E-state index in [0.717, 1.165) is 19.4 Å². The van der Waals surface area contributed by atoms with Crippen molar-refractivity contribution in [2.75, 3.05) is 13.2 Å². The van der Waals surface area contributed by atoms with E-state index in [0.29, 0.717) is 12.7 Å². The van der Waals surface area contributed by atoms with Gasteiger partial charge in [0.05, 0.1) is 19.3 Å². The molecule has 1 rings (SSSR count). The van der Waals surface area contributed by atoms with Crippen LogP contribution >= 0.6 is 0 Å². The van der Waals surface area contributed by atoms with E-state index in [2.05, 4.69) is 6.58 Å². The molecule has 1 fully saturated rings. The number of carbonyl (C=O) groups excluding carboxylic acids is 1. The van der Waals surface area contributed by atoms with E-state index in [1.54, 1.807) is 0 Å². The number of unbranched alkanes of at least 4 members (excludes halogenated alkanes) is 5. The lowest BCUT2D eigenvalue weighted by Crippen LogP contribution is -2.01. The number of epoxide rings is 1. The first-order chi connectivity index (χ1) is 7.83. The summed E-state index contributed by atoms with van der Waals surface area (Å²) in [5.74, 6) is -0.315. The predicted molar refractivity (Wildman–Crippen MR) is 63.2 cm³/mol. The van der Waals surface area contributed by atoms with Crippen LogP contribution in [0, 0.1) is 0 Å². The molecule has 1 atom stereocenters. The van der Waals surface area contributed by atoms with Gasteiger partial charge in [-0.05, 0) is 12.8 Å². The first kappa shape index (κ1) is 13.2. The molecule has 0 N–H and O–H groups in total. The molecule has 0 aromatic rings. The van der Waals surface area contributed by atoms with Crippen LogP contribution in [0.5, 0.6) is 0 Å². The minimum atomic E-state index is -0.315. The molecular formula is C13H22O3. The zero-order valence-electron chi connectivity index (χ0n) is 9.95. The second-order valence-corrected chi connectivity index (χ2v) is 4.24. The number of ether oxygens (including phenoxy) is 2. The molecule has 0 aliphatic carbocycles. The molecule has 1 saturated heterocycles. The summed E-state index contributed by atoms with van der Waals surface area (Å²) in [4.78, 5) is 10.7. The molecular weight excluding hydrogens is 204 g/mol. The van der Waals surface area contributed by atoms with Gasteiger partial charge in [-0.25, -0.2) is 4.79 Å². The molecule has 1 aliphatic heterocycles. The van der Waals surface area contributed by atoms with Crippen LogP contribution in [0.15, 0.2) is 12.7 Å². The van der Waals surface area contributed by atoms with Gasteiger partial charge in [0.2, 0.25) is 0 Å². The second-order valence-electron chi connectivity index (χ2n) is 4.24. The van der Waals surface area contributed by atoms with E-state index in [9.17, 15) is 4.79 Å². The highest BCUT2D eigenvalue weighted by Crippen LogP contribution is 2.17. The first-order valence-corrected chi connectivity index (χ1v) is 6.23. The molecule has 1 heterocycles. The fraction of sp³-hybridized carbons (Fsp3) is 0.769. The van der Waals surface area contributed by atoms with Crippen LogP contribution in [0.4, 0.5) is 0 Å². The van der Waals surface area contributed by atoms with Crippen LogP contribution in [-0.2, 0) is 14.3 Å². The molecule has 3 nitrogen and oxygen atoms in total. The minimum absolute atomic E-state index is 0.315. The molecule has 0 spiro atoms. The van der Waals surface area contributed by atoms with Crippen LogP contribution in [0.25, 0.3) is 0 Å². The average molecular weight is 226 g/mol. The van der Waals surface area contributed by atoms with Gasteiger partial charge in [-0.1, -0.05) is 38.7 Å². The van der Waals surface area contributed by atoms with Gasteiger partial charge in [0.1, 0.15) is 0 Å². The summed E-state index contributed by atoms with van der Waals surface area (Å²) >= 11 is 0. The first-order valence-electron chi connectivity index (χ1n) is 6.23. The van der Waals surface area contributed by atoms with E-state index in [-0.39, 0.29) is 5.97 Å². The number of esters is 1. The fourth-order valence-electron chi connectivity index (χ4n) is 1.65. The van der Waals surface area contributed by atoms with Crippen LogP contribution in [0.2, 0.25) is 0 Å². The van der Waals surface area contributed by atoms with Crippen LogP contribution in [0.1, 0.15) is 44.9 Å². The Labute approximate surface area is 97.8 Å². The van der Waals surface area contributed by atoms with Crippen molar-refractivity contribution >= 4 is 5.97 Å². The van der Waals surface area contributed by atoms with Crippen molar-refractivity contribution in [1.82, 2.24) is 0 Å². The Morgan fingerprint density at radius 2 is 1.88 bits per heavy atom. The third-order valence-electron chi connectivity index (χ3n) is 2.73. The highest BCUT2D eigenvalue weighted by Gasteiger charge is 2.20. The summed E-state index contributed by atoms with van der Waals surface area (Å²) in [5, 5.41) is 0. The van der Waals surface area contributed by atoms with Crippen molar-refractivity contribution in [2.45, 2.75) is 51.0 Å². The van der Waals surface area contributed by atoms with Gasteiger partial charge in [-0.15, -0.1) is 0 Å². The Morgan fingerprint density at radius 1 is 1.25 bits per heavy atom. The van der Waals surface area contributed by atoms with Crippen LogP contribution in [0.3, 0.4) is 0 Å². The summed E-state index contributed by atoms with van der Waals surface area (Å²) in [6.07, 6.45) is 10.2. The molecule has 1 unspecified atom stereocenters. The molecule has 0 amide bonds. The Bertz CT molecular complexity index is 209. The Kier molecular flexibility index (Phi) is 6.90. The molecule has 3 heteroatoms. The van der Waals surface area contributed by atoms with Gasteiger partial charge in [0.15, 0.2) is 0 Å². The average Bonchev–Trinajstić information content (AvgIpc) is 3.10. The lowest BCUT2D eigenvalue weighted by atomic mass is 10.1. The quantitative estimate of drug-likeness (QED) is 0.249. The second kappa shape index (κ2) is 8.34. The smallest absolute Gasteiger partial charge is 0.330 e. The molecule has 0 saturated carbocycles. The number of hydrogen-bond acceptors (Lipinski definition) is 3. The highest BCUT2D eigenvalue weighted by molar-refractivity contribution is 5.81. The highest BCUT2D eigenvalue weighted by atomic mass is 16.6. The SMILES string of the molecule is C=CC(=O)OCCCCCCCCC1CO1. The van der Waals surface area contributed by atoms with Crippen molar-refractivity contribution in [3.63, 3.8) is 0 Å². The van der Waals surface area contributed by atoms with Gasteiger partial charge in [-0.3, -0.25) is 0 Å². The molecule has 0 radical (unpaired) electrons. The lowest BCUT2D eigenvalue weighted by molar-refractivity contribution is -0.137. The van der Waals surface area contributed by atoms with Crippen molar-refractivity contribution in [3.05, 3.63) is 12.7 Å². The summed E-state index contributed by atoms with van der Waals surface area (Å²) in [5.41, 5.74) is 0. The fourth-order valence-corrected chi connectivity index (χ4v) is 1.65. The third kappa shape index (κ3) is 7.46. The zero-order chi connectivity index (χ0) is 11.6. The van der Waals surface area contributed by atoms with Crippen molar-refractivity contribution in [3.8, 4) is 0 Å². The van der Waals surface area contributed by atoms with E-state index in [4.69, 9.17) is 9.47 Å². The monoisotopic (exact) mass is 226 g/mol. The van der Waals surface area contributed by atoms with Gasteiger partial charge < -0.3 is 9.47 Å². The Morgan fingerprint density at radius 3 is 2.50 bits per heavy atom. The van der Waals surface area contributed by atoms with E-state index >= 15 is 0 Å². The van der Waals surface area contributed by atoms with Gasteiger partial charge in [0, 0.05) is 6.08 Å². The van der Waals surface area contributed by atoms with Crippen LogP contribution in [-0.4, -0.2) is 25.3 Å². The van der Waals surface area contributed by atoms with Gasteiger partial charge in [0.25, 0.3) is 0 Å². The minimum Gasteiger partial charge on any atom is -0.463 e. The van der Waals surface area contributed by atoms with E-state index < -0.39 is 0 Å². The van der Waals surface area contributed by atoms with Gasteiger partial charge >= 0.3 is 5.97 Å². The largest absolute Gasteiger partial charge is 0.463 e. The van der Waals surface area contributed by atoms with Crippen molar-refractivity contribution < 1.29 is 14.3 Å². The number of hydrogen-bond donors (Lipinski definition) is 0. The number of rotatable bonds is 10. The maximum Gasteiger partial charge on any atom is 0.330 e. The van der Waals surface area contributed by atoms with E-state index in [1.165, 1.54) is 38.2 Å².